The van der Waals surface area contributed by atoms with Crippen LogP contribution in [0.5, 0.6) is 0 Å². The van der Waals surface area contributed by atoms with Crippen molar-refractivity contribution in [2.24, 2.45) is 5.92 Å². The highest BCUT2D eigenvalue weighted by molar-refractivity contribution is 6.21. The predicted molar refractivity (Wildman–Crippen MR) is 197 cm³/mol. The van der Waals surface area contributed by atoms with E-state index < -0.39 is 24.1 Å². The summed E-state index contributed by atoms with van der Waals surface area (Å²) in [7, 11) is 0. The Morgan fingerprint density at radius 3 is 2.59 bits per heavy atom. The molecule has 0 saturated carbocycles. The van der Waals surface area contributed by atoms with Crippen LogP contribution in [0.15, 0.2) is 48.7 Å². The van der Waals surface area contributed by atoms with E-state index in [1.54, 1.807) is 18.3 Å². The Balaban J connectivity index is 0.824. The van der Waals surface area contributed by atoms with Gasteiger partial charge in [0.25, 0.3) is 11.8 Å². The number of carbonyl (C=O) groups is 2. The molecule has 4 aliphatic rings. The molecule has 0 aliphatic carbocycles. The van der Waals surface area contributed by atoms with Crippen molar-refractivity contribution in [3.05, 3.63) is 82.7 Å². The van der Waals surface area contributed by atoms with Crippen LogP contribution in [0.3, 0.4) is 0 Å². The van der Waals surface area contributed by atoms with Gasteiger partial charge in [-0.25, -0.2) is 18.4 Å². The third kappa shape index (κ3) is 6.92. The summed E-state index contributed by atoms with van der Waals surface area (Å²) in [6.45, 7) is 5.01. The summed E-state index contributed by atoms with van der Waals surface area (Å²) in [5.41, 5.74) is 5.60. The number of aromatic nitrogens is 6. The minimum absolute atomic E-state index is 0.00696. The first-order chi connectivity index (χ1) is 27.2. The molecule has 292 valence electrons. The number of halogens is 2. The van der Waals surface area contributed by atoms with E-state index in [1.807, 2.05) is 23.7 Å². The summed E-state index contributed by atoms with van der Waals surface area (Å²) >= 11 is 0. The lowest BCUT2D eigenvalue weighted by Crippen LogP contribution is -2.51. The van der Waals surface area contributed by atoms with Gasteiger partial charge in [0.2, 0.25) is 5.95 Å². The Bertz CT molecular complexity index is 2280. The number of H-pyrrole nitrogens is 1. The first-order valence-electron chi connectivity index (χ1n) is 18.6. The van der Waals surface area contributed by atoms with Crippen molar-refractivity contribution >= 4 is 46.1 Å². The van der Waals surface area contributed by atoms with Gasteiger partial charge in [-0.1, -0.05) is 11.7 Å². The molecule has 2 atom stereocenters. The lowest BCUT2D eigenvalue weighted by atomic mass is 9.93. The smallest absolute Gasteiger partial charge is 0.263 e. The number of aliphatic hydroxyl groups excluding tert-OH is 1. The Morgan fingerprint density at radius 1 is 1.02 bits per heavy atom. The SMILES string of the molecule is Cc1cc(Nc2nc(NCc3ccc(F)cc3F)nc3c2cnn3C2CCN(C(O)CC3CN(c4ccc5c(c4)C(=O)N(C4CCONO4)C5=O)C3)CC2)n[nH]1. The van der Waals surface area contributed by atoms with Crippen LogP contribution in [0.25, 0.3) is 11.0 Å². The van der Waals surface area contributed by atoms with E-state index in [4.69, 9.17) is 19.8 Å². The van der Waals surface area contributed by atoms with Crippen molar-refractivity contribution in [3.63, 3.8) is 0 Å². The average molecular weight is 771 g/mol. The van der Waals surface area contributed by atoms with Crippen molar-refractivity contribution in [2.75, 3.05) is 48.3 Å². The molecule has 7 heterocycles. The van der Waals surface area contributed by atoms with Gasteiger partial charge in [0.05, 0.1) is 35.4 Å². The molecule has 0 bridgehead atoms. The van der Waals surface area contributed by atoms with E-state index in [0.29, 0.717) is 66.3 Å². The molecule has 3 aromatic heterocycles. The fourth-order valence-electron chi connectivity index (χ4n) is 7.85. The lowest BCUT2D eigenvalue weighted by molar-refractivity contribution is -0.259. The number of aromatic amines is 1. The highest BCUT2D eigenvalue weighted by Crippen LogP contribution is 2.35. The molecule has 0 spiro atoms. The maximum Gasteiger partial charge on any atom is 0.263 e. The molecule has 2 unspecified atom stereocenters. The maximum absolute atomic E-state index is 14.4. The van der Waals surface area contributed by atoms with Gasteiger partial charge < -0.3 is 20.6 Å². The van der Waals surface area contributed by atoms with Gasteiger partial charge in [-0.05, 0) is 56.4 Å². The Labute approximate surface area is 318 Å². The van der Waals surface area contributed by atoms with E-state index in [1.165, 1.54) is 12.1 Å². The fraction of sp³-hybridized carbons (Fsp3) is 0.405. The normalized spacial score (nSPS) is 20.1. The lowest BCUT2D eigenvalue weighted by Gasteiger charge is -2.44. The molecular formula is C37H40F2N12O5. The molecule has 19 heteroatoms. The number of aliphatic hydroxyl groups is 1. The van der Waals surface area contributed by atoms with Crippen LogP contribution in [0.4, 0.5) is 32.1 Å². The zero-order valence-electron chi connectivity index (χ0n) is 30.4. The first kappa shape index (κ1) is 36.1. The van der Waals surface area contributed by atoms with Crippen molar-refractivity contribution in [1.82, 2.24) is 45.4 Å². The number of anilines is 4. The van der Waals surface area contributed by atoms with Crippen LogP contribution in [0, 0.1) is 24.5 Å². The number of piperidine rings is 1. The number of hydrogen-bond donors (Lipinski definition) is 5. The number of benzene rings is 2. The van der Waals surface area contributed by atoms with E-state index in [-0.39, 0.29) is 41.8 Å². The number of hydrogen-bond acceptors (Lipinski definition) is 14. The molecule has 56 heavy (non-hydrogen) atoms. The first-order valence-corrected chi connectivity index (χ1v) is 18.6. The summed E-state index contributed by atoms with van der Waals surface area (Å²) in [5.74, 6) is -0.548. The van der Waals surface area contributed by atoms with Crippen LogP contribution >= 0.6 is 0 Å². The molecule has 0 radical (unpaired) electrons. The molecule has 5 aromatic rings. The summed E-state index contributed by atoms with van der Waals surface area (Å²) in [4.78, 5) is 51.2. The molecule has 2 aromatic carbocycles. The Kier molecular flexibility index (Phi) is 9.54. The summed E-state index contributed by atoms with van der Waals surface area (Å²) in [6, 6.07) is 10.6. The van der Waals surface area contributed by atoms with Crippen LogP contribution in [0.2, 0.25) is 0 Å². The molecule has 2 amide bonds. The summed E-state index contributed by atoms with van der Waals surface area (Å²) in [5, 5.41) is 30.2. The molecular weight excluding hydrogens is 730 g/mol. The van der Waals surface area contributed by atoms with Crippen molar-refractivity contribution in [2.45, 2.75) is 57.6 Å². The van der Waals surface area contributed by atoms with E-state index in [0.717, 1.165) is 48.3 Å². The number of aryl methyl sites for hydroxylation is 1. The molecule has 3 fully saturated rings. The van der Waals surface area contributed by atoms with E-state index >= 15 is 0 Å². The number of imide groups is 1. The van der Waals surface area contributed by atoms with Gasteiger partial charge in [-0.2, -0.15) is 20.2 Å². The fourth-order valence-corrected chi connectivity index (χ4v) is 7.85. The standard InChI is InChI=1S/C37H40F2N12O5/c1-20-12-30(46-45-20)42-33-28-17-41-51(34(28)44-37(43-33)40-16-22-2-3-23(38)14-29(22)39)24-6-9-48(10-7-24)31(52)13-21-18-49(19-21)25-4-5-26-27(15-25)36(54)50(35(26)53)32-8-11-55-47-56-32/h2-5,12,14-15,17,21,24,31-32,47,52H,6-11,13,16,18-19H2,1H3,(H3,40,42,43,44,45,46). The van der Waals surface area contributed by atoms with Crippen LogP contribution in [-0.2, 0) is 16.2 Å². The largest absolute Gasteiger partial charge is 0.378 e. The molecule has 4 aliphatic heterocycles. The maximum atomic E-state index is 14.4. The van der Waals surface area contributed by atoms with Crippen LogP contribution in [-0.4, -0.2) is 102 Å². The monoisotopic (exact) mass is 770 g/mol. The second-order valence-electron chi connectivity index (χ2n) is 14.6. The van der Waals surface area contributed by atoms with Crippen molar-refractivity contribution in [1.29, 1.82) is 0 Å². The molecule has 9 rings (SSSR count). The van der Waals surface area contributed by atoms with Crippen LogP contribution < -0.4 is 21.2 Å². The van der Waals surface area contributed by atoms with E-state index in [9.17, 15) is 23.5 Å². The van der Waals surface area contributed by atoms with Gasteiger partial charge in [0.1, 0.15) is 23.7 Å². The number of likely N-dealkylation sites (tertiary alicyclic amines) is 1. The van der Waals surface area contributed by atoms with Gasteiger partial charge in [-0.15, -0.1) is 0 Å². The number of carbonyl (C=O) groups excluding carboxylic acids is 2. The number of nitrogens with zero attached hydrogens (tertiary/aromatic N) is 8. The zero-order valence-corrected chi connectivity index (χ0v) is 30.4. The van der Waals surface area contributed by atoms with Gasteiger partial charge in [0.15, 0.2) is 17.7 Å². The number of amides is 2. The molecule has 5 N–H and O–H groups in total. The zero-order chi connectivity index (χ0) is 38.5. The van der Waals surface area contributed by atoms with E-state index in [2.05, 4.69) is 41.3 Å². The highest BCUT2D eigenvalue weighted by atomic mass is 19.1. The highest BCUT2D eigenvalue weighted by Gasteiger charge is 2.42. The number of rotatable bonds is 11. The minimum Gasteiger partial charge on any atom is -0.378 e. The average Bonchev–Trinajstić information content (AvgIpc) is 3.87. The topological polar surface area (TPSA) is 191 Å². The summed E-state index contributed by atoms with van der Waals surface area (Å²) in [6.07, 6.45) is 2.81. The summed E-state index contributed by atoms with van der Waals surface area (Å²) < 4.78 is 29.8. The number of nitrogens with one attached hydrogen (secondary N) is 4. The Morgan fingerprint density at radius 2 is 1.84 bits per heavy atom. The van der Waals surface area contributed by atoms with Crippen molar-refractivity contribution in [3.8, 4) is 0 Å². The van der Waals surface area contributed by atoms with Gasteiger partial charge in [0, 0.05) is 68.2 Å². The van der Waals surface area contributed by atoms with Gasteiger partial charge >= 0.3 is 0 Å². The van der Waals surface area contributed by atoms with Gasteiger partial charge in [-0.3, -0.25) is 29.3 Å². The minimum atomic E-state index is -0.733. The second kappa shape index (κ2) is 14.8. The van der Waals surface area contributed by atoms with Crippen molar-refractivity contribution < 1.29 is 33.2 Å². The quantitative estimate of drug-likeness (QED) is 0.122. The molecule has 3 saturated heterocycles. The number of fused-ring (bicyclic) bond motifs is 2. The van der Waals surface area contributed by atoms with Crippen LogP contribution in [0.1, 0.15) is 63.7 Å². The Hall–Kier alpha value is -5.60. The molecule has 17 nitrogen and oxygen atoms in total. The second-order valence-corrected chi connectivity index (χ2v) is 14.6. The third-order valence-electron chi connectivity index (χ3n) is 10.9. The third-order valence-corrected chi connectivity index (χ3v) is 10.9. The predicted octanol–water partition coefficient (Wildman–Crippen LogP) is 3.75.